The van der Waals surface area contributed by atoms with Gasteiger partial charge in [0.2, 0.25) is 0 Å². The molecule has 1 heterocycles. The van der Waals surface area contributed by atoms with Crippen molar-refractivity contribution in [2.75, 3.05) is 18.5 Å². The van der Waals surface area contributed by atoms with Gasteiger partial charge in [-0.3, -0.25) is 4.79 Å². The van der Waals surface area contributed by atoms with Gasteiger partial charge in [0.1, 0.15) is 0 Å². The molecule has 0 radical (unpaired) electrons. The summed E-state index contributed by atoms with van der Waals surface area (Å²) in [6.45, 7) is 0.319. The highest BCUT2D eigenvalue weighted by Crippen LogP contribution is 2.27. The van der Waals surface area contributed by atoms with E-state index in [0.717, 1.165) is 0 Å². The highest BCUT2D eigenvalue weighted by atomic mass is 19.1. The Morgan fingerprint density at radius 2 is 1.85 bits per heavy atom. The van der Waals surface area contributed by atoms with E-state index in [2.05, 4.69) is 10.3 Å². The molecule has 26 heavy (non-hydrogen) atoms. The lowest BCUT2D eigenvalue weighted by molar-refractivity contribution is -0.118. The standard InChI is InChI=1S/C20H23FN2O3/c21-16-9-4-5-10-17(16)26-14-19(24)23-20-18(11-6-12-22-20)25-13-15-7-2-1-3-8-15/h4-6,9-12,15H,1-3,7-8,13-14H2,(H,22,23,24). The van der Waals surface area contributed by atoms with E-state index in [9.17, 15) is 9.18 Å². The summed E-state index contributed by atoms with van der Waals surface area (Å²) in [5.74, 6) is 0.557. The van der Waals surface area contributed by atoms with E-state index in [0.29, 0.717) is 24.1 Å². The minimum atomic E-state index is -0.505. The van der Waals surface area contributed by atoms with Crippen LogP contribution in [0.15, 0.2) is 42.6 Å². The molecule has 1 aromatic carbocycles. The zero-order chi connectivity index (χ0) is 18.2. The van der Waals surface area contributed by atoms with Crippen LogP contribution in [0.2, 0.25) is 0 Å². The number of aromatic nitrogens is 1. The third kappa shape index (κ3) is 5.18. The largest absolute Gasteiger partial charge is 0.489 e. The van der Waals surface area contributed by atoms with Crippen molar-refractivity contribution in [1.82, 2.24) is 4.98 Å². The number of carbonyl (C=O) groups excluding carboxylic acids is 1. The molecule has 0 unspecified atom stereocenters. The second kappa shape index (κ2) is 9.17. The molecule has 3 rings (SSSR count). The molecule has 1 saturated carbocycles. The van der Waals surface area contributed by atoms with Gasteiger partial charge in [-0.05, 0) is 43.0 Å². The topological polar surface area (TPSA) is 60.5 Å². The molecule has 0 bridgehead atoms. The molecule has 0 saturated heterocycles. The Bertz CT molecular complexity index is 733. The van der Waals surface area contributed by atoms with Crippen molar-refractivity contribution in [3.8, 4) is 11.5 Å². The van der Waals surface area contributed by atoms with Crippen molar-refractivity contribution >= 4 is 11.7 Å². The summed E-state index contributed by atoms with van der Waals surface area (Å²) in [4.78, 5) is 16.3. The number of halogens is 1. The average Bonchev–Trinajstić information content (AvgIpc) is 2.67. The van der Waals surface area contributed by atoms with Crippen molar-refractivity contribution in [3.63, 3.8) is 0 Å². The molecule has 1 amide bonds. The second-order valence-corrected chi connectivity index (χ2v) is 6.43. The summed E-state index contributed by atoms with van der Waals surface area (Å²) >= 11 is 0. The molecule has 1 aliphatic rings. The summed E-state index contributed by atoms with van der Waals surface area (Å²) in [6, 6.07) is 9.51. The van der Waals surface area contributed by atoms with Crippen LogP contribution < -0.4 is 14.8 Å². The number of hydrogen-bond donors (Lipinski definition) is 1. The molecule has 0 spiro atoms. The Morgan fingerprint density at radius 3 is 2.65 bits per heavy atom. The number of para-hydroxylation sites is 1. The van der Waals surface area contributed by atoms with E-state index < -0.39 is 11.7 Å². The number of carbonyl (C=O) groups is 1. The van der Waals surface area contributed by atoms with E-state index in [-0.39, 0.29) is 12.4 Å². The monoisotopic (exact) mass is 358 g/mol. The van der Waals surface area contributed by atoms with Crippen LogP contribution in [0.25, 0.3) is 0 Å². The zero-order valence-electron chi connectivity index (χ0n) is 14.6. The van der Waals surface area contributed by atoms with Crippen LogP contribution >= 0.6 is 0 Å². The van der Waals surface area contributed by atoms with Crippen LogP contribution in [0.1, 0.15) is 32.1 Å². The number of nitrogens with zero attached hydrogens (tertiary/aromatic N) is 1. The first-order valence-electron chi connectivity index (χ1n) is 8.97. The van der Waals surface area contributed by atoms with Gasteiger partial charge in [-0.1, -0.05) is 31.4 Å². The van der Waals surface area contributed by atoms with Crippen LogP contribution in [0, 0.1) is 11.7 Å². The van der Waals surface area contributed by atoms with Crippen LogP contribution in [-0.2, 0) is 4.79 Å². The Morgan fingerprint density at radius 1 is 1.08 bits per heavy atom. The lowest BCUT2D eigenvalue weighted by Crippen LogP contribution is -2.22. The molecule has 0 aliphatic heterocycles. The fourth-order valence-corrected chi connectivity index (χ4v) is 3.04. The molecule has 0 atom stereocenters. The van der Waals surface area contributed by atoms with E-state index in [1.165, 1.54) is 44.2 Å². The van der Waals surface area contributed by atoms with E-state index in [4.69, 9.17) is 9.47 Å². The number of benzene rings is 1. The van der Waals surface area contributed by atoms with Crippen molar-refractivity contribution in [2.24, 2.45) is 5.92 Å². The van der Waals surface area contributed by atoms with Gasteiger partial charge >= 0.3 is 0 Å². The number of hydrogen-bond acceptors (Lipinski definition) is 4. The first-order chi connectivity index (χ1) is 12.7. The van der Waals surface area contributed by atoms with Gasteiger partial charge in [0, 0.05) is 6.20 Å². The number of nitrogens with one attached hydrogen (secondary N) is 1. The number of rotatable bonds is 7. The quantitative estimate of drug-likeness (QED) is 0.806. The highest BCUT2D eigenvalue weighted by Gasteiger charge is 2.16. The smallest absolute Gasteiger partial charge is 0.263 e. The van der Waals surface area contributed by atoms with Gasteiger partial charge in [0.25, 0.3) is 5.91 Å². The summed E-state index contributed by atoms with van der Waals surface area (Å²) in [5, 5.41) is 2.67. The van der Waals surface area contributed by atoms with E-state index in [1.807, 2.05) is 0 Å². The lowest BCUT2D eigenvalue weighted by atomic mass is 9.90. The normalized spacial score (nSPS) is 14.7. The maximum atomic E-state index is 13.5. The Balaban J connectivity index is 1.53. The van der Waals surface area contributed by atoms with Crippen LogP contribution in [0.3, 0.4) is 0 Å². The second-order valence-electron chi connectivity index (χ2n) is 6.43. The zero-order valence-corrected chi connectivity index (χ0v) is 14.6. The number of amides is 1. The van der Waals surface area contributed by atoms with Crippen molar-refractivity contribution in [3.05, 3.63) is 48.4 Å². The van der Waals surface area contributed by atoms with Gasteiger partial charge in [-0.15, -0.1) is 0 Å². The molecule has 5 nitrogen and oxygen atoms in total. The Kier molecular flexibility index (Phi) is 6.41. The third-order valence-electron chi connectivity index (χ3n) is 4.42. The fourth-order valence-electron chi connectivity index (χ4n) is 3.04. The molecule has 1 aromatic heterocycles. The van der Waals surface area contributed by atoms with Crippen molar-refractivity contribution in [1.29, 1.82) is 0 Å². The summed E-state index contributed by atoms with van der Waals surface area (Å²) in [5.41, 5.74) is 0. The highest BCUT2D eigenvalue weighted by molar-refractivity contribution is 5.92. The van der Waals surface area contributed by atoms with Gasteiger partial charge < -0.3 is 14.8 Å². The maximum absolute atomic E-state index is 13.5. The van der Waals surface area contributed by atoms with Crippen molar-refractivity contribution < 1.29 is 18.7 Å². The van der Waals surface area contributed by atoms with Gasteiger partial charge in [0.05, 0.1) is 6.61 Å². The number of ether oxygens (including phenoxy) is 2. The maximum Gasteiger partial charge on any atom is 0.263 e. The SMILES string of the molecule is O=C(COc1ccccc1F)Nc1ncccc1OCC1CCCCC1. The average molecular weight is 358 g/mol. The Labute approximate surface area is 152 Å². The number of anilines is 1. The minimum absolute atomic E-state index is 0.0393. The molecule has 1 fully saturated rings. The van der Waals surface area contributed by atoms with Crippen LogP contribution in [0.5, 0.6) is 11.5 Å². The van der Waals surface area contributed by atoms with Crippen molar-refractivity contribution in [2.45, 2.75) is 32.1 Å². The summed E-state index contributed by atoms with van der Waals surface area (Å²) in [6.07, 6.45) is 7.74. The lowest BCUT2D eigenvalue weighted by Gasteiger charge is -2.22. The minimum Gasteiger partial charge on any atom is -0.489 e. The molecular formula is C20H23FN2O3. The Hall–Kier alpha value is -2.63. The predicted molar refractivity (Wildman–Crippen MR) is 96.8 cm³/mol. The number of pyridine rings is 1. The van der Waals surface area contributed by atoms with Crippen LogP contribution in [0.4, 0.5) is 10.2 Å². The van der Waals surface area contributed by atoms with Crippen LogP contribution in [-0.4, -0.2) is 24.1 Å². The van der Waals surface area contributed by atoms with Gasteiger partial charge in [0.15, 0.2) is 29.7 Å². The summed E-state index contributed by atoms with van der Waals surface area (Å²) < 4.78 is 24.6. The molecule has 138 valence electrons. The molecule has 2 aromatic rings. The molecular weight excluding hydrogens is 335 g/mol. The first kappa shape index (κ1) is 18.2. The summed E-state index contributed by atoms with van der Waals surface area (Å²) in [7, 11) is 0. The first-order valence-corrected chi connectivity index (χ1v) is 8.97. The predicted octanol–water partition coefficient (Wildman–Crippen LogP) is 4.20. The third-order valence-corrected chi connectivity index (χ3v) is 4.42. The molecule has 6 heteroatoms. The van der Waals surface area contributed by atoms with Gasteiger partial charge in [-0.25, -0.2) is 9.37 Å². The van der Waals surface area contributed by atoms with E-state index >= 15 is 0 Å². The fraction of sp³-hybridized carbons (Fsp3) is 0.400. The van der Waals surface area contributed by atoms with E-state index in [1.54, 1.807) is 30.5 Å². The van der Waals surface area contributed by atoms with Gasteiger partial charge in [-0.2, -0.15) is 0 Å². The molecule has 1 aliphatic carbocycles. The molecule has 1 N–H and O–H groups in total.